The zero-order chi connectivity index (χ0) is 12.6. The molecule has 2 N–H and O–H groups in total. The van der Waals surface area contributed by atoms with Crippen molar-refractivity contribution in [2.45, 2.75) is 71.6 Å². The first-order chi connectivity index (χ1) is 8.00. The van der Waals surface area contributed by atoms with E-state index in [1.165, 1.54) is 25.1 Å². The van der Waals surface area contributed by atoms with Gasteiger partial charge in [-0.2, -0.15) is 0 Å². The molecule has 0 aromatic heterocycles. The van der Waals surface area contributed by atoms with E-state index in [9.17, 15) is 0 Å². The van der Waals surface area contributed by atoms with Gasteiger partial charge in [-0.15, -0.1) is 0 Å². The summed E-state index contributed by atoms with van der Waals surface area (Å²) in [4.78, 5) is 7.20. The van der Waals surface area contributed by atoms with Crippen LogP contribution in [-0.4, -0.2) is 29.0 Å². The van der Waals surface area contributed by atoms with Gasteiger partial charge in [0.1, 0.15) is 5.84 Å². The normalized spacial score (nSPS) is 37.6. The van der Waals surface area contributed by atoms with Crippen molar-refractivity contribution < 1.29 is 0 Å². The molecular weight excluding hydrogens is 210 g/mol. The molecular formula is C14H27N3. The molecule has 2 fully saturated rings. The van der Waals surface area contributed by atoms with Gasteiger partial charge in [-0.25, -0.2) is 0 Å². The number of nitrogens with zero attached hydrogens (tertiary/aromatic N) is 2. The van der Waals surface area contributed by atoms with Gasteiger partial charge < -0.3 is 10.6 Å². The Morgan fingerprint density at radius 2 is 1.94 bits per heavy atom. The van der Waals surface area contributed by atoms with E-state index < -0.39 is 0 Å². The number of hydrogen-bond acceptors (Lipinski definition) is 2. The lowest BCUT2D eigenvalue weighted by Crippen LogP contribution is -2.51. The van der Waals surface area contributed by atoms with Crippen LogP contribution in [0, 0.1) is 11.8 Å². The predicted octanol–water partition coefficient (Wildman–Crippen LogP) is 2.61. The number of aliphatic imine (C=N–C) groups is 1. The Labute approximate surface area is 105 Å². The molecule has 3 nitrogen and oxygen atoms in total. The second-order valence-corrected chi connectivity index (χ2v) is 6.11. The number of amidine groups is 1. The van der Waals surface area contributed by atoms with Crippen LogP contribution >= 0.6 is 0 Å². The highest BCUT2D eigenvalue weighted by molar-refractivity contribution is 5.84. The summed E-state index contributed by atoms with van der Waals surface area (Å²) in [6.45, 7) is 8.94. The van der Waals surface area contributed by atoms with E-state index >= 15 is 0 Å². The summed E-state index contributed by atoms with van der Waals surface area (Å²) in [5.74, 6) is 3.02. The lowest BCUT2D eigenvalue weighted by atomic mass is 9.85. The summed E-state index contributed by atoms with van der Waals surface area (Å²) in [6, 6.07) is 1.27. The fourth-order valence-corrected chi connectivity index (χ4v) is 3.73. The van der Waals surface area contributed by atoms with Gasteiger partial charge in [0.2, 0.25) is 0 Å². The minimum atomic E-state index is -0.0679. The van der Waals surface area contributed by atoms with Gasteiger partial charge in [0.05, 0.1) is 6.17 Å². The van der Waals surface area contributed by atoms with Crippen LogP contribution < -0.4 is 5.73 Å². The minimum Gasteiger partial charge on any atom is -0.355 e. The Morgan fingerprint density at radius 3 is 2.53 bits per heavy atom. The third-order valence-corrected chi connectivity index (χ3v) is 4.41. The molecule has 1 aliphatic carbocycles. The monoisotopic (exact) mass is 237 g/mol. The zero-order valence-corrected chi connectivity index (χ0v) is 11.7. The first-order valence-corrected chi connectivity index (χ1v) is 7.11. The molecule has 0 radical (unpaired) electrons. The van der Waals surface area contributed by atoms with Crippen LogP contribution in [0.5, 0.6) is 0 Å². The lowest BCUT2D eigenvalue weighted by Gasteiger charge is -2.44. The SMILES string of the molecule is CC(N)N=C1CCC2C(C)CCC2N1C(C)C. The number of fused-ring (bicyclic) bond motifs is 1. The highest BCUT2D eigenvalue weighted by Crippen LogP contribution is 2.42. The quantitative estimate of drug-likeness (QED) is 0.802. The van der Waals surface area contributed by atoms with Crippen LogP contribution in [0.2, 0.25) is 0 Å². The summed E-state index contributed by atoms with van der Waals surface area (Å²) in [7, 11) is 0. The second kappa shape index (κ2) is 4.97. The molecule has 3 heteroatoms. The molecule has 0 aromatic carbocycles. The average Bonchev–Trinajstić information content (AvgIpc) is 2.58. The van der Waals surface area contributed by atoms with Crippen molar-refractivity contribution >= 4 is 5.84 Å². The van der Waals surface area contributed by atoms with Crippen LogP contribution in [0.1, 0.15) is 53.4 Å². The Balaban J connectivity index is 2.22. The molecule has 4 atom stereocenters. The predicted molar refractivity (Wildman–Crippen MR) is 73.0 cm³/mol. The Kier molecular flexibility index (Phi) is 3.76. The number of nitrogens with two attached hydrogens (primary N) is 1. The van der Waals surface area contributed by atoms with Crippen molar-refractivity contribution in [1.82, 2.24) is 4.90 Å². The summed E-state index contributed by atoms with van der Waals surface area (Å²) in [5.41, 5.74) is 5.84. The fraction of sp³-hybridized carbons (Fsp3) is 0.929. The van der Waals surface area contributed by atoms with Crippen LogP contribution in [0.15, 0.2) is 4.99 Å². The summed E-state index contributed by atoms with van der Waals surface area (Å²) < 4.78 is 0. The van der Waals surface area contributed by atoms with Gasteiger partial charge in [-0.3, -0.25) is 4.99 Å². The summed E-state index contributed by atoms with van der Waals surface area (Å²) in [5, 5.41) is 0. The molecule has 1 saturated carbocycles. The van der Waals surface area contributed by atoms with Crippen molar-refractivity contribution in [1.29, 1.82) is 0 Å². The zero-order valence-electron chi connectivity index (χ0n) is 11.7. The van der Waals surface area contributed by atoms with E-state index in [2.05, 4.69) is 30.7 Å². The maximum atomic E-state index is 5.84. The van der Waals surface area contributed by atoms with Crippen molar-refractivity contribution in [3.63, 3.8) is 0 Å². The Hall–Kier alpha value is -0.570. The van der Waals surface area contributed by atoms with Crippen molar-refractivity contribution in [2.75, 3.05) is 0 Å². The molecule has 0 spiro atoms. The molecule has 98 valence electrons. The van der Waals surface area contributed by atoms with E-state index in [1.807, 2.05) is 6.92 Å². The van der Waals surface area contributed by atoms with Gasteiger partial charge in [0.15, 0.2) is 0 Å². The molecule has 2 aliphatic rings. The van der Waals surface area contributed by atoms with Crippen molar-refractivity contribution in [3.8, 4) is 0 Å². The molecule has 0 aromatic rings. The molecule has 1 saturated heterocycles. The molecule has 4 unspecified atom stereocenters. The van der Waals surface area contributed by atoms with Crippen LogP contribution in [-0.2, 0) is 0 Å². The molecule has 0 amide bonds. The third-order valence-electron chi connectivity index (χ3n) is 4.41. The molecule has 2 rings (SSSR count). The maximum absolute atomic E-state index is 5.84. The van der Waals surface area contributed by atoms with E-state index in [-0.39, 0.29) is 6.17 Å². The lowest BCUT2D eigenvalue weighted by molar-refractivity contribution is 0.164. The molecule has 1 heterocycles. The highest BCUT2D eigenvalue weighted by Gasteiger charge is 2.42. The van der Waals surface area contributed by atoms with Gasteiger partial charge in [0.25, 0.3) is 0 Å². The first-order valence-electron chi connectivity index (χ1n) is 7.11. The van der Waals surface area contributed by atoms with Gasteiger partial charge in [-0.1, -0.05) is 6.92 Å². The molecule has 0 bridgehead atoms. The van der Waals surface area contributed by atoms with Crippen LogP contribution in [0.4, 0.5) is 0 Å². The van der Waals surface area contributed by atoms with E-state index in [1.54, 1.807) is 0 Å². The molecule has 1 aliphatic heterocycles. The van der Waals surface area contributed by atoms with Gasteiger partial charge >= 0.3 is 0 Å². The van der Waals surface area contributed by atoms with Gasteiger partial charge in [-0.05, 0) is 51.9 Å². The van der Waals surface area contributed by atoms with Crippen molar-refractivity contribution in [2.24, 2.45) is 22.6 Å². The fourth-order valence-electron chi connectivity index (χ4n) is 3.73. The van der Waals surface area contributed by atoms with E-state index in [0.717, 1.165) is 24.3 Å². The highest BCUT2D eigenvalue weighted by atomic mass is 15.3. The number of hydrogen-bond donors (Lipinski definition) is 1. The third kappa shape index (κ3) is 2.49. The van der Waals surface area contributed by atoms with Crippen LogP contribution in [0.25, 0.3) is 0 Å². The largest absolute Gasteiger partial charge is 0.355 e. The maximum Gasteiger partial charge on any atom is 0.101 e. The second-order valence-electron chi connectivity index (χ2n) is 6.11. The van der Waals surface area contributed by atoms with Crippen molar-refractivity contribution in [3.05, 3.63) is 0 Å². The molecule has 17 heavy (non-hydrogen) atoms. The summed E-state index contributed by atoms with van der Waals surface area (Å²) in [6.07, 6.45) is 5.07. The number of piperidine rings is 1. The topological polar surface area (TPSA) is 41.6 Å². The number of likely N-dealkylation sites (tertiary alicyclic amines) is 1. The Bertz CT molecular complexity index is 296. The standard InChI is InChI=1S/C14H27N3/c1-9(2)17-13-7-5-10(3)12(13)6-8-14(17)16-11(4)15/h9-13H,5-8,15H2,1-4H3. The van der Waals surface area contributed by atoms with Gasteiger partial charge in [0, 0.05) is 18.5 Å². The smallest absolute Gasteiger partial charge is 0.101 e. The minimum absolute atomic E-state index is 0.0679. The van der Waals surface area contributed by atoms with Crippen LogP contribution in [0.3, 0.4) is 0 Å². The summed E-state index contributed by atoms with van der Waals surface area (Å²) >= 11 is 0. The average molecular weight is 237 g/mol. The van der Waals surface area contributed by atoms with E-state index in [4.69, 9.17) is 5.73 Å². The number of rotatable bonds is 2. The van der Waals surface area contributed by atoms with E-state index in [0.29, 0.717) is 6.04 Å². The first kappa shape index (κ1) is 12.9. The Morgan fingerprint density at radius 1 is 1.24 bits per heavy atom.